The minimum Gasteiger partial charge on any atom is -0.477 e. The molecule has 4 rings (SSSR count). The lowest BCUT2D eigenvalue weighted by Gasteiger charge is -2.46. The number of thioether (sulfide) groups is 1. The third kappa shape index (κ3) is 4.67. The summed E-state index contributed by atoms with van der Waals surface area (Å²) in [7, 11) is 0. The van der Waals surface area contributed by atoms with E-state index in [2.05, 4.69) is 9.97 Å². The number of aromatic nitrogens is 2. The topological polar surface area (TPSA) is 162 Å². The molecule has 1 N–H and O–H groups in total. The maximum absolute atomic E-state index is 12.9. The number of ether oxygens (including phenoxy) is 2. The molecule has 3 heterocycles. The Kier molecular flexibility index (Phi) is 6.69. The highest BCUT2D eigenvalue weighted by Gasteiger charge is 2.61. The summed E-state index contributed by atoms with van der Waals surface area (Å²) < 4.78 is 10.4. The van der Waals surface area contributed by atoms with Crippen molar-refractivity contribution in [2.24, 2.45) is 11.8 Å². The van der Waals surface area contributed by atoms with Gasteiger partial charge in [0, 0.05) is 35.3 Å². The molecular formula is C22H20N4O8S. The van der Waals surface area contributed by atoms with Crippen molar-refractivity contribution in [2.75, 3.05) is 0 Å². The summed E-state index contributed by atoms with van der Waals surface area (Å²) in [5.74, 6) is -2.79. The van der Waals surface area contributed by atoms with E-state index in [1.165, 1.54) is 41.6 Å². The highest BCUT2D eigenvalue weighted by atomic mass is 32.2. The van der Waals surface area contributed by atoms with Crippen molar-refractivity contribution in [2.45, 2.75) is 37.8 Å². The maximum atomic E-state index is 12.9. The number of fused-ring (bicyclic) bond motifs is 1. The summed E-state index contributed by atoms with van der Waals surface area (Å²) in [5.41, 5.74) is 0.319. The molecule has 0 aliphatic carbocycles. The van der Waals surface area contributed by atoms with Crippen LogP contribution >= 0.6 is 11.8 Å². The van der Waals surface area contributed by atoms with Crippen molar-refractivity contribution in [3.05, 3.63) is 69.0 Å². The molecule has 1 amide bonds. The molecule has 2 aliphatic heterocycles. The number of nitro groups is 1. The fourth-order valence-electron chi connectivity index (χ4n) is 4.20. The van der Waals surface area contributed by atoms with Crippen LogP contribution in [0.25, 0.3) is 0 Å². The highest BCUT2D eigenvalue weighted by molar-refractivity contribution is 8.03. The van der Waals surface area contributed by atoms with Gasteiger partial charge in [-0.25, -0.2) is 19.6 Å². The van der Waals surface area contributed by atoms with Crippen LogP contribution in [0.1, 0.15) is 19.4 Å². The summed E-state index contributed by atoms with van der Waals surface area (Å²) in [6, 6.07) is 6.63. The molecule has 4 atom stereocenters. The van der Waals surface area contributed by atoms with E-state index >= 15 is 0 Å². The number of non-ortho nitro benzene ring substituents is 1. The number of hydrogen-bond acceptors (Lipinski definition) is 10. The number of hydrogen-bond donors (Lipinski definition) is 1. The third-order valence-electron chi connectivity index (χ3n) is 5.83. The number of carbonyl (C=O) groups excluding carboxylic acids is 2. The summed E-state index contributed by atoms with van der Waals surface area (Å²) in [6.07, 6.45) is 1.20. The molecule has 1 aromatic carbocycles. The first-order chi connectivity index (χ1) is 16.7. The zero-order valence-corrected chi connectivity index (χ0v) is 19.4. The SMILES string of the molecule is CC(OC(=O)OCc1ccc([N+](=O)[O-])cc1)C1C(=O)N2C(C(=O)O)=C(Sc3ncccn3)C(C)C12. The van der Waals surface area contributed by atoms with E-state index in [0.29, 0.717) is 15.6 Å². The second-order valence-corrected chi connectivity index (χ2v) is 8.96. The minimum absolute atomic E-state index is 0.0885. The number of amides is 1. The van der Waals surface area contributed by atoms with E-state index in [4.69, 9.17) is 9.47 Å². The lowest BCUT2D eigenvalue weighted by Crippen LogP contribution is -2.64. The van der Waals surface area contributed by atoms with Crippen molar-refractivity contribution < 1.29 is 33.9 Å². The van der Waals surface area contributed by atoms with Gasteiger partial charge in [-0.3, -0.25) is 14.9 Å². The molecule has 13 heteroatoms. The molecule has 2 aromatic rings. The Labute approximate surface area is 203 Å². The van der Waals surface area contributed by atoms with Crippen molar-refractivity contribution in [1.82, 2.24) is 14.9 Å². The Bertz CT molecular complexity index is 1200. The van der Waals surface area contributed by atoms with E-state index in [1.807, 2.05) is 0 Å². The van der Waals surface area contributed by atoms with Gasteiger partial charge in [0.1, 0.15) is 18.4 Å². The van der Waals surface area contributed by atoms with Crippen LogP contribution in [0.2, 0.25) is 0 Å². The average molecular weight is 500 g/mol. The molecule has 0 bridgehead atoms. The summed E-state index contributed by atoms with van der Waals surface area (Å²) in [6.45, 7) is 3.18. The van der Waals surface area contributed by atoms with Crippen LogP contribution in [0.5, 0.6) is 0 Å². The van der Waals surface area contributed by atoms with E-state index in [0.717, 1.165) is 11.8 Å². The van der Waals surface area contributed by atoms with Gasteiger partial charge in [0.05, 0.1) is 16.9 Å². The molecular weight excluding hydrogens is 480 g/mol. The molecule has 1 saturated heterocycles. The van der Waals surface area contributed by atoms with E-state index < -0.39 is 41.0 Å². The van der Waals surface area contributed by atoms with Crippen molar-refractivity contribution in [3.8, 4) is 0 Å². The van der Waals surface area contributed by atoms with Crippen LogP contribution in [-0.4, -0.2) is 55.1 Å². The van der Waals surface area contributed by atoms with Crippen molar-refractivity contribution in [3.63, 3.8) is 0 Å². The van der Waals surface area contributed by atoms with Gasteiger partial charge in [-0.15, -0.1) is 0 Å². The Morgan fingerprint density at radius 2 is 1.91 bits per heavy atom. The molecule has 1 fully saturated rings. The molecule has 4 unspecified atom stereocenters. The smallest absolute Gasteiger partial charge is 0.477 e. The summed E-state index contributed by atoms with van der Waals surface area (Å²) in [4.78, 5) is 57.2. The van der Waals surface area contributed by atoms with Crippen LogP contribution in [0.3, 0.4) is 0 Å². The zero-order chi connectivity index (χ0) is 25.3. The second-order valence-electron chi connectivity index (χ2n) is 7.95. The van der Waals surface area contributed by atoms with Crippen LogP contribution in [0.4, 0.5) is 10.5 Å². The van der Waals surface area contributed by atoms with Crippen LogP contribution < -0.4 is 0 Å². The molecule has 1 aromatic heterocycles. The molecule has 2 aliphatic rings. The standard InChI is InChI=1S/C22H20N4O8S/c1-11-16-15(12(2)34-22(30)33-10-13-4-6-14(7-5-13)26(31)32)19(27)25(16)17(20(28)29)18(11)35-21-23-8-3-9-24-21/h3-9,11-12,15-16H,10H2,1-2H3,(H,28,29). The number of carboxylic acids is 1. The first-order valence-electron chi connectivity index (χ1n) is 10.5. The van der Waals surface area contributed by atoms with Crippen molar-refractivity contribution in [1.29, 1.82) is 0 Å². The molecule has 0 saturated carbocycles. The Balaban J connectivity index is 1.40. The van der Waals surface area contributed by atoms with Gasteiger partial charge < -0.3 is 19.5 Å². The number of nitrogens with zero attached hydrogens (tertiary/aromatic N) is 4. The predicted molar refractivity (Wildman–Crippen MR) is 120 cm³/mol. The fourth-order valence-corrected chi connectivity index (χ4v) is 5.23. The maximum Gasteiger partial charge on any atom is 0.508 e. The number of β-lactam (4-membered cyclic amide) rings is 1. The number of rotatable bonds is 8. The largest absolute Gasteiger partial charge is 0.508 e. The highest BCUT2D eigenvalue weighted by Crippen LogP contribution is 2.51. The van der Waals surface area contributed by atoms with Crippen molar-refractivity contribution >= 4 is 35.5 Å². The van der Waals surface area contributed by atoms with E-state index in [1.54, 1.807) is 19.9 Å². The normalized spacial score (nSPS) is 21.7. The van der Waals surface area contributed by atoms with Gasteiger partial charge in [0.25, 0.3) is 5.69 Å². The van der Waals surface area contributed by atoms with Gasteiger partial charge in [0.15, 0.2) is 5.16 Å². The second kappa shape index (κ2) is 9.70. The van der Waals surface area contributed by atoms with Gasteiger partial charge in [-0.1, -0.05) is 18.7 Å². The van der Waals surface area contributed by atoms with Crippen LogP contribution in [-0.2, 0) is 25.7 Å². The predicted octanol–water partition coefficient (Wildman–Crippen LogP) is 2.99. The zero-order valence-electron chi connectivity index (χ0n) is 18.6. The Hall–Kier alpha value is -4.00. The quantitative estimate of drug-likeness (QED) is 0.186. The van der Waals surface area contributed by atoms with Gasteiger partial charge >= 0.3 is 12.1 Å². The third-order valence-corrected chi connectivity index (χ3v) is 7.00. The van der Waals surface area contributed by atoms with Gasteiger partial charge in [0.2, 0.25) is 5.91 Å². The first kappa shape index (κ1) is 24.1. The summed E-state index contributed by atoms with van der Waals surface area (Å²) >= 11 is 1.09. The number of carbonyl (C=O) groups is 3. The van der Waals surface area contributed by atoms with Gasteiger partial charge in [-0.05, 0) is 30.7 Å². The first-order valence-corrected chi connectivity index (χ1v) is 11.3. The number of nitro benzene ring substituents is 1. The van der Waals surface area contributed by atoms with Crippen LogP contribution in [0, 0.1) is 22.0 Å². The lowest BCUT2D eigenvalue weighted by molar-refractivity contribution is -0.384. The minimum atomic E-state index is -1.24. The average Bonchev–Trinajstić information content (AvgIpc) is 3.07. The Morgan fingerprint density at radius 1 is 1.26 bits per heavy atom. The molecule has 0 spiro atoms. The fraction of sp³-hybridized carbons (Fsp3) is 0.318. The molecule has 12 nitrogen and oxygen atoms in total. The number of benzene rings is 1. The Morgan fingerprint density at radius 3 is 2.51 bits per heavy atom. The lowest BCUT2D eigenvalue weighted by atomic mass is 9.79. The molecule has 0 radical (unpaired) electrons. The number of carboxylic acid groups (broad SMARTS) is 1. The molecule has 182 valence electrons. The van der Waals surface area contributed by atoms with Gasteiger partial charge in [-0.2, -0.15) is 0 Å². The number of aliphatic carboxylic acids is 1. The van der Waals surface area contributed by atoms with E-state index in [9.17, 15) is 29.6 Å². The van der Waals surface area contributed by atoms with Crippen LogP contribution in [0.15, 0.2) is 58.5 Å². The monoisotopic (exact) mass is 500 g/mol. The molecule has 35 heavy (non-hydrogen) atoms. The van der Waals surface area contributed by atoms with E-state index in [-0.39, 0.29) is 23.9 Å². The summed E-state index contributed by atoms with van der Waals surface area (Å²) in [5, 5.41) is 20.8.